The number of nitrogens with zero attached hydrogens (tertiary/aromatic N) is 3. The van der Waals surface area contributed by atoms with E-state index in [-0.39, 0.29) is 30.4 Å². The Morgan fingerprint density at radius 2 is 1.72 bits per heavy atom. The summed E-state index contributed by atoms with van der Waals surface area (Å²) < 4.78 is 12.9. The third-order valence-electron chi connectivity index (χ3n) is 9.11. The van der Waals surface area contributed by atoms with Crippen LogP contribution in [-0.4, -0.2) is 61.2 Å². The van der Waals surface area contributed by atoms with Crippen molar-refractivity contribution in [3.8, 4) is 11.5 Å². The largest absolute Gasteiger partial charge is 0.497 e. The fourth-order valence-electron chi connectivity index (χ4n) is 6.97. The van der Waals surface area contributed by atoms with Gasteiger partial charge in [0.1, 0.15) is 16.9 Å². The van der Waals surface area contributed by atoms with E-state index in [1.165, 1.54) is 7.11 Å². The number of pyridine rings is 1. The van der Waals surface area contributed by atoms with Crippen LogP contribution < -0.4 is 25.2 Å². The molecular formula is C33H36N4O6. The van der Waals surface area contributed by atoms with Crippen LogP contribution in [-0.2, 0) is 29.0 Å². The highest BCUT2D eigenvalue weighted by molar-refractivity contribution is 6.30. The van der Waals surface area contributed by atoms with Crippen molar-refractivity contribution >= 4 is 23.5 Å². The lowest BCUT2D eigenvalue weighted by Gasteiger charge is -2.47. The molecule has 3 atom stereocenters. The minimum absolute atomic E-state index is 0.00574. The average molecular weight is 585 g/mol. The number of methoxy groups -OCH3 is 2. The minimum atomic E-state index is -1.62. The lowest BCUT2D eigenvalue weighted by Crippen LogP contribution is -2.68. The molecule has 4 heterocycles. The Balaban J connectivity index is 1.40. The fourth-order valence-corrected chi connectivity index (χ4v) is 6.97. The van der Waals surface area contributed by atoms with Crippen LogP contribution in [0.3, 0.4) is 0 Å². The molecule has 0 unspecified atom stereocenters. The van der Waals surface area contributed by atoms with Gasteiger partial charge in [-0.25, -0.2) is 9.69 Å². The van der Waals surface area contributed by atoms with Crippen molar-refractivity contribution in [1.82, 2.24) is 14.8 Å². The number of rotatable bonds is 8. The fraction of sp³-hybridized carbons (Fsp3) is 0.394. The molecular weight excluding hydrogens is 548 g/mol. The Morgan fingerprint density at radius 1 is 0.930 bits per heavy atom. The van der Waals surface area contributed by atoms with E-state index in [0.717, 1.165) is 29.0 Å². The molecule has 10 nitrogen and oxygen atoms in total. The zero-order valence-electron chi connectivity index (χ0n) is 24.7. The summed E-state index contributed by atoms with van der Waals surface area (Å²) >= 11 is 0. The monoisotopic (exact) mass is 584 g/mol. The van der Waals surface area contributed by atoms with E-state index >= 15 is 0 Å². The normalized spacial score (nSPS) is 23.5. The van der Waals surface area contributed by atoms with Crippen molar-refractivity contribution < 1.29 is 23.9 Å². The molecule has 3 aromatic rings. The van der Waals surface area contributed by atoms with Crippen molar-refractivity contribution in [3.63, 3.8) is 0 Å². The summed E-state index contributed by atoms with van der Waals surface area (Å²) in [5.74, 6) is 0.151. The van der Waals surface area contributed by atoms with Gasteiger partial charge < -0.3 is 18.9 Å². The lowest BCUT2D eigenvalue weighted by molar-refractivity contribution is -0.144. The highest BCUT2D eigenvalue weighted by Gasteiger charge is 2.56. The van der Waals surface area contributed by atoms with E-state index in [2.05, 4.69) is 10.2 Å². The van der Waals surface area contributed by atoms with E-state index in [1.807, 2.05) is 29.7 Å². The number of imide groups is 2. The zero-order chi connectivity index (χ0) is 30.3. The van der Waals surface area contributed by atoms with Gasteiger partial charge in [-0.3, -0.25) is 19.7 Å². The first-order valence-electron chi connectivity index (χ1n) is 14.7. The Morgan fingerprint density at radius 3 is 2.44 bits per heavy atom. The summed E-state index contributed by atoms with van der Waals surface area (Å²) in [5, 5.41) is 2.51. The van der Waals surface area contributed by atoms with Crippen molar-refractivity contribution in [1.29, 1.82) is 0 Å². The van der Waals surface area contributed by atoms with Gasteiger partial charge in [0.25, 0.3) is 11.5 Å². The van der Waals surface area contributed by atoms with Gasteiger partial charge in [0.15, 0.2) is 0 Å². The molecule has 224 valence electrons. The number of piperidine rings is 1. The second kappa shape index (κ2) is 11.3. The molecule has 0 spiro atoms. The van der Waals surface area contributed by atoms with Crippen LogP contribution in [0.25, 0.3) is 0 Å². The Bertz CT molecular complexity index is 1630. The quantitative estimate of drug-likeness (QED) is 0.405. The maximum Gasteiger partial charge on any atom is 0.335 e. The number of anilines is 1. The van der Waals surface area contributed by atoms with Gasteiger partial charge in [-0.1, -0.05) is 31.2 Å². The van der Waals surface area contributed by atoms with Crippen LogP contribution >= 0.6 is 0 Å². The average Bonchev–Trinajstić information content (AvgIpc) is 3.01. The number of carbonyl (C=O) groups excluding carboxylic acids is 3. The molecule has 1 aromatic heterocycles. The SMILES string of the molecule is CCc1ccc(N2C(=O)NC(=O)[C@@](Cc3ccc(OC)cc3OC)(CN3C[C@@H]4C[C@H](C3)c3cccc(=O)n3C4)C2=O)cc1. The molecule has 2 aromatic carbocycles. The van der Waals surface area contributed by atoms with E-state index < -0.39 is 23.3 Å². The molecule has 2 bridgehead atoms. The van der Waals surface area contributed by atoms with Crippen molar-refractivity contribution in [2.75, 3.05) is 38.8 Å². The molecule has 6 rings (SSSR count). The van der Waals surface area contributed by atoms with Crippen molar-refractivity contribution in [2.45, 2.75) is 38.6 Å². The number of aryl methyl sites for hydroxylation is 1. The third kappa shape index (κ3) is 5.09. The summed E-state index contributed by atoms with van der Waals surface area (Å²) in [6.45, 7) is 3.94. The Kier molecular flexibility index (Phi) is 7.56. The van der Waals surface area contributed by atoms with Gasteiger partial charge in [-0.2, -0.15) is 0 Å². The number of likely N-dealkylation sites (tertiary alicyclic amines) is 1. The third-order valence-corrected chi connectivity index (χ3v) is 9.11. The van der Waals surface area contributed by atoms with Gasteiger partial charge in [-0.05, 0) is 54.2 Å². The maximum atomic E-state index is 14.6. The molecule has 2 fully saturated rings. The van der Waals surface area contributed by atoms with Crippen molar-refractivity contribution in [2.24, 2.45) is 11.3 Å². The number of nitrogens with one attached hydrogen (secondary N) is 1. The number of benzene rings is 2. The van der Waals surface area contributed by atoms with Crippen LogP contribution in [0.1, 0.15) is 36.1 Å². The van der Waals surface area contributed by atoms with Crippen LogP contribution in [0, 0.1) is 11.3 Å². The summed E-state index contributed by atoms with van der Waals surface area (Å²) in [7, 11) is 3.09. The van der Waals surface area contributed by atoms with Crippen LogP contribution in [0.4, 0.5) is 10.5 Å². The van der Waals surface area contributed by atoms with Gasteiger partial charge in [-0.15, -0.1) is 0 Å². The smallest absolute Gasteiger partial charge is 0.335 e. The molecule has 0 radical (unpaired) electrons. The predicted molar refractivity (Wildman–Crippen MR) is 161 cm³/mol. The molecule has 4 amide bonds. The summed E-state index contributed by atoms with van der Waals surface area (Å²) in [6, 6.07) is 17.1. The Labute approximate surface area is 250 Å². The first-order chi connectivity index (χ1) is 20.8. The van der Waals surface area contributed by atoms with Gasteiger partial charge in [0.2, 0.25) is 5.91 Å². The van der Waals surface area contributed by atoms with Gasteiger partial charge in [0, 0.05) is 56.3 Å². The first-order valence-corrected chi connectivity index (χ1v) is 14.7. The summed E-state index contributed by atoms with van der Waals surface area (Å²) in [6.07, 6.45) is 1.77. The van der Waals surface area contributed by atoms with E-state index in [1.54, 1.807) is 49.6 Å². The highest BCUT2D eigenvalue weighted by atomic mass is 16.5. The summed E-state index contributed by atoms with van der Waals surface area (Å²) in [4.78, 5) is 57.7. The number of hydrogen-bond donors (Lipinski definition) is 1. The van der Waals surface area contributed by atoms with E-state index in [0.29, 0.717) is 42.4 Å². The maximum absolute atomic E-state index is 14.6. The molecule has 3 aliphatic heterocycles. The second-order valence-corrected chi connectivity index (χ2v) is 11.7. The molecule has 43 heavy (non-hydrogen) atoms. The van der Waals surface area contributed by atoms with E-state index in [9.17, 15) is 19.2 Å². The first kappa shape index (κ1) is 28.7. The number of amides is 4. The number of hydrogen-bond acceptors (Lipinski definition) is 7. The van der Waals surface area contributed by atoms with Crippen LogP contribution in [0.2, 0.25) is 0 Å². The Hall–Kier alpha value is -4.44. The van der Waals surface area contributed by atoms with Crippen molar-refractivity contribution in [3.05, 3.63) is 87.8 Å². The number of fused-ring (bicyclic) bond motifs is 4. The van der Waals surface area contributed by atoms with E-state index in [4.69, 9.17) is 9.47 Å². The zero-order valence-corrected chi connectivity index (χ0v) is 24.7. The molecule has 1 N–H and O–H groups in total. The molecule has 0 saturated carbocycles. The molecule has 0 aliphatic carbocycles. The van der Waals surface area contributed by atoms with Gasteiger partial charge >= 0.3 is 6.03 Å². The highest BCUT2D eigenvalue weighted by Crippen LogP contribution is 2.40. The standard InChI is InChI=1S/C33H36N4O6/c1-4-21-8-11-25(12-9-21)37-31(40)33(30(39)34-32(37)41,16-23-10-13-26(42-2)15-28(23)43-3)20-35-17-22-14-24(19-35)27-6-5-7-29(38)36(27)18-22/h5-13,15,22,24H,4,14,16-20H2,1-3H3,(H,34,39,41)/t22-,24+,33+/m0/s1. The van der Waals surface area contributed by atoms with Gasteiger partial charge in [0.05, 0.1) is 19.9 Å². The second-order valence-electron chi connectivity index (χ2n) is 11.7. The molecule has 2 saturated heterocycles. The number of urea groups is 1. The predicted octanol–water partition coefficient (Wildman–Crippen LogP) is 3.36. The molecule has 3 aliphatic rings. The number of carbonyl (C=O) groups is 3. The summed E-state index contributed by atoms with van der Waals surface area (Å²) in [5.41, 5.74) is 1.47. The number of ether oxygens (including phenoxy) is 2. The van der Waals surface area contributed by atoms with Crippen LogP contribution in [0.5, 0.6) is 11.5 Å². The number of barbiturate groups is 1. The topological polar surface area (TPSA) is 110 Å². The van der Waals surface area contributed by atoms with Crippen LogP contribution in [0.15, 0.2) is 65.5 Å². The number of aromatic nitrogens is 1. The minimum Gasteiger partial charge on any atom is -0.497 e. The molecule has 10 heteroatoms. The lowest BCUT2D eigenvalue weighted by atomic mass is 9.75.